The predicted molar refractivity (Wildman–Crippen MR) is 79.3 cm³/mol. The van der Waals surface area contributed by atoms with Crippen molar-refractivity contribution in [1.29, 1.82) is 0 Å². The normalized spacial score (nSPS) is 13.1. The molecule has 2 N–H and O–H groups in total. The zero-order chi connectivity index (χ0) is 14.8. The van der Waals surface area contributed by atoms with Crippen LogP contribution in [0.25, 0.3) is 0 Å². The van der Waals surface area contributed by atoms with E-state index in [0.717, 1.165) is 5.56 Å². The minimum atomic E-state index is -0.376. The Morgan fingerprint density at radius 3 is 2.95 bits per heavy atom. The van der Waals surface area contributed by atoms with Gasteiger partial charge in [-0.15, -0.1) is 0 Å². The highest BCUT2D eigenvalue weighted by molar-refractivity contribution is 6.33. The lowest BCUT2D eigenvalue weighted by Crippen LogP contribution is -2.25. The fourth-order valence-electron chi connectivity index (χ4n) is 2.07. The van der Waals surface area contributed by atoms with Crippen LogP contribution in [0.1, 0.15) is 5.56 Å². The first-order valence-corrected chi connectivity index (χ1v) is 6.74. The summed E-state index contributed by atoms with van der Waals surface area (Å²) in [6, 6.07) is 9.70. The molecule has 1 aliphatic rings. The molecule has 0 saturated carbocycles. The Kier molecular flexibility index (Phi) is 3.66. The molecule has 1 amide bonds. The highest BCUT2D eigenvalue weighted by Gasteiger charge is 2.15. The smallest absolute Gasteiger partial charge is 0.262 e. The lowest BCUT2D eigenvalue weighted by Gasteiger charge is -2.18. The number of carbonyl (C=O) groups is 1. The van der Waals surface area contributed by atoms with Crippen LogP contribution in [-0.4, -0.2) is 12.5 Å². The van der Waals surface area contributed by atoms with Gasteiger partial charge in [-0.1, -0.05) is 17.7 Å². The van der Waals surface area contributed by atoms with Crippen LogP contribution in [0.3, 0.4) is 0 Å². The van der Waals surface area contributed by atoms with E-state index in [-0.39, 0.29) is 18.3 Å². The van der Waals surface area contributed by atoms with Gasteiger partial charge in [-0.3, -0.25) is 4.79 Å². The van der Waals surface area contributed by atoms with Crippen molar-refractivity contribution in [2.75, 3.05) is 17.2 Å². The zero-order valence-electron chi connectivity index (χ0n) is 11.0. The summed E-state index contributed by atoms with van der Waals surface area (Å²) in [5.74, 6) is 0.103. The van der Waals surface area contributed by atoms with Crippen LogP contribution in [0.2, 0.25) is 5.02 Å². The summed E-state index contributed by atoms with van der Waals surface area (Å²) in [4.78, 5) is 11.3. The van der Waals surface area contributed by atoms with E-state index in [0.29, 0.717) is 28.7 Å². The Morgan fingerprint density at radius 2 is 2.14 bits per heavy atom. The molecule has 21 heavy (non-hydrogen) atoms. The molecular formula is C15H12ClFN2O2. The van der Waals surface area contributed by atoms with Gasteiger partial charge in [0.05, 0.1) is 16.4 Å². The average molecular weight is 307 g/mol. The summed E-state index contributed by atoms with van der Waals surface area (Å²) in [7, 11) is 0. The average Bonchev–Trinajstić information content (AvgIpc) is 2.46. The Balaban J connectivity index is 1.73. The van der Waals surface area contributed by atoms with Gasteiger partial charge in [-0.2, -0.15) is 0 Å². The molecule has 0 atom stereocenters. The summed E-state index contributed by atoms with van der Waals surface area (Å²) in [6.45, 7) is 0.532. The molecule has 3 rings (SSSR count). The summed E-state index contributed by atoms with van der Waals surface area (Å²) >= 11 is 5.95. The first-order chi connectivity index (χ1) is 10.1. The van der Waals surface area contributed by atoms with Crippen LogP contribution in [0.4, 0.5) is 15.8 Å². The van der Waals surface area contributed by atoms with Crippen molar-refractivity contribution in [1.82, 2.24) is 0 Å². The van der Waals surface area contributed by atoms with Crippen LogP contribution < -0.4 is 15.4 Å². The first kappa shape index (κ1) is 13.7. The molecule has 0 unspecified atom stereocenters. The number of hydrogen-bond acceptors (Lipinski definition) is 3. The van der Waals surface area contributed by atoms with Gasteiger partial charge in [0, 0.05) is 6.54 Å². The molecule has 108 valence electrons. The van der Waals surface area contributed by atoms with E-state index >= 15 is 0 Å². The molecule has 0 aliphatic carbocycles. The van der Waals surface area contributed by atoms with Crippen molar-refractivity contribution in [3.63, 3.8) is 0 Å². The molecule has 4 nitrogen and oxygen atoms in total. The minimum Gasteiger partial charge on any atom is -0.482 e. The van der Waals surface area contributed by atoms with Gasteiger partial charge in [0.1, 0.15) is 11.6 Å². The maximum Gasteiger partial charge on any atom is 0.262 e. The molecular weight excluding hydrogens is 295 g/mol. The lowest BCUT2D eigenvalue weighted by molar-refractivity contribution is -0.118. The molecule has 1 heterocycles. The third kappa shape index (κ3) is 3.08. The maximum absolute atomic E-state index is 13.0. The van der Waals surface area contributed by atoms with Crippen molar-refractivity contribution in [3.8, 4) is 5.75 Å². The van der Waals surface area contributed by atoms with Gasteiger partial charge in [0.2, 0.25) is 0 Å². The number of carbonyl (C=O) groups excluding carboxylic acids is 1. The predicted octanol–water partition coefficient (Wildman–Crippen LogP) is 3.42. The van der Waals surface area contributed by atoms with Crippen LogP contribution in [0.15, 0.2) is 36.4 Å². The molecule has 0 bridgehead atoms. The van der Waals surface area contributed by atoms with Crippen LogP contribution in [0, 0.1) is 5.82 Å². The molecule has 1 aliphatic heterocycles. The second kappa shape index (κ2) is 5.61. The Bertz CT molecular complexity index is 706. The Hall–Kier alpha value is -2.27. The van der Waals surface area contributed by atoms with Gasteiger partial charge < -0.3 is 15.4 Å². The Labute approximate surface area is 125 Å². The highest BCUT2D eigenvalue weighted by atomic mass is 35.5. The van der Waals surface area contributed by atoms with Crippen molar-refractivity contribution >= 4 is 28.9 Å². The quantitative estimate of drug-likeness (QED) is 0.913. The molecule has 2 aromatic rings. The molecule has 0 saturated heterocycles. The van der Waals surface area contributed by atoms with Gasteiger partial charge in [0.25, 0.3) is 5.91 Å². The fourth-order valence-corrected chi connectivity index (χ4v) is 2.30. The van der Waals surface area contributed by atoms with E-state index in [1.54, 1.807) is 12.1 Å². The number of rotatable bonds is 3. The number of halogens is 2. The summed E-state index contributed by atoms with van der Waals surface area (Å²) in [5, 5.41) is 6.20. The van der Waals surface area contributed by atoms with E-state index < -0.39 is 0 Å². The van der Waals surface area contributed by atoms with Crippen molar-refractivity contribution in [3.05, 3.63) is 52.8 Å². The van der Waals surface area contributed by atoms with Gasteiger partial charge >= 0.3 is 0 Å². The summed E-state index contributed by atoms with van der Waals surface area (Å²) in [6.07, 6.45) is 0. The molecule has 0 radical (unpaired) electrons. The van der Waals surface area contributed by atoms with Crippen molar-refractivity contribution < 1.29 is 13.9 Å². The van der Waals surface area contributed by atoms with E-state index in [4.69, 9.17) is 16.3 Å². The Morgan fingerprint density at radius 1 is 1.29 bits per heavy atom. The highest BCUT2D eigenvalue weighted by Crippen LogP contribution is 2.29. The van der Waals surface area contributed by atoms with Gasteiger partial charge in [-0.05, 0) is 35.9 Å². The molecule has 0 fully saturated rings. The second-order valence-electron chi connectivity index (χ2n) is 4.65. The van der Waals surface area contributed by atoms with Gasteiger partial charge in [-0.25, -0.2) is 4.39 Å². The number of nitrogens with one attached hydrogen (secondary N) is 2. The van der Waals surface area contributed by atoms with Crippen LogP contribution >= 0.6 is 11.6 Å². The number of amides is 1. The maximum atomic E-state index is 13.0. The number of ether oxygens (including phenoxy) is 1. The summed E-state index contributed by atoms with van der Waals surface area (Å²) < 4.78 is 18.3. The molecule has 0 spiro atoms. The first-order valence-electron chi connectivity index (χ1n) is 6.36. The number of fused-ring (bicyclic) bond motifs is 1. The van der Waals surface area contributed by atoms with Crippen LogP contribution in [0.5, 0.6) is 5.75 Å². The zero-order valence-corrected chi connectivity index (χ0v) is 11.7. The van der Waals surface area contributed by atoms with E-state index in [1.165, 1.54) is 12.1 Å². The van der Waals surface area contributed by atoms with E-state index in [2.05, 4.69) is 10.6 Å². The van der Waals surface area contributed by atoms with Crippen molar-refractivity contribution in [2.45, 2.75) is 6.54 Å². The minimum absolute atomic E-state index is 0.0375. The number of anilines is 2. The van der Waals surface area contributed by atoms with E-state index in [9.17, 15) is 9.18 Å². The number of benzene rings is 2. The monoisotopic (exact) mass is 306 g/mol. The largest absolute Gasteiger partial charge is 0.482 e. The van der Waals surface area contributed by atoms with Gasteiger partial charge in [0.15, 0.2) is 6.61 Å². The fraction of sp³-hybridized carbons (Fsp3) is 0.133. The second-order valence-corrected chi connectivity index (χ2v) is 5.05. The molecule has 0 aromatic heterocycles. The third-order valence-corrected chi connectivity index (χ3v) is 3.40. The topological polar surface area (TPSA) is 50.4 Å². The number of hydrogen-bond donors (Lipinski definition) is 2. The van der Waals surface area contributed by atoms with Crippen molar-refractivity contribution in [2.24, 2.45) is 0 Å². The molecule has 2 aromatic carbocycles. The SMILES string of the molecule is O=C1COc2ccc(CNc3ccc(F)cc3Cl)cc2N1. The standard InChI is InChI=1S/C15H12ClFN2O2/c16-11-6-10(17)2-3-12(11)18-7-9-1-4-14-13(5-9)19-15(20)8-21-14/h1-6,18H,7-8H2,(H,19,20). The van der Waals surface area contributed by atoms with Crippen LogP contribution in [-0.2, 0) is 11.3 Å². The summed E-state index contributed by atoms with van der Waals surface area (Å²) in [5.41, 5.74) is 2.24. The molecule has 6 heteroatoms. The third-order valence-electron chi connectivity index (χ3n) is 3.09. The van der Waals surface area contributed by atoms with E-state index in [1.807, 2.05) is 12.1 Å². The lowest BCUT2D eigenvalue weighted by atomic mass is 10.1.